The number of nitrogens with two attached hydrogens (primary N) is 4. The topological polar surface area (TPSA) is 190 Å². The van der Waals surface area contributed by atoms with Crippen LogP contribution in [0, 0.1) is 0 Å². The van der Waals surface area contributed by atoms with E-state index in [2.05, 4.69) is 10.6 Å². The van der Waals surface area contributed by atoms with Crippen molar-refractivity contribution in [3.63, 3.8) is 0 Å². The molecule has 10 N–H and O–H groups in total. The molecule has 3 heterocycles. The van der Waals surface area contributed by atoms with E-state index in [-0.39, 0.29) is 30.1 Å². The SMILES string of the molecule is NC1CC(N)CN(c2nc(Nc3ccccc3C(=O)Nc3ccccc3)nc(N3CC(N)CC(N)C3)n2)C1. The lowest BCUT2D eigenvalue weighted by atomic mass is 10.0. The van der Waals surface area contributed by atoms with Crippen molar-refractivity contribution in [3.8, 4) is 0 Å². The summed E-state index contributed by atoms with van der Waals surface area (Å²) in [6, 6.07) is 16.1. The van der Waals surface area contributed by atoms with E-state index in [0.29, 0.717) is 61.0 Å². The quantitative estimate of drug-likeness (QED) is 0.268. The minimum absolute atomic E-state index is 0.0883. The highest BCUT2D eigenvalue weighted by atomic mass is 16.1. The molecule has 0 spiro atoms. The first-order valence-corrected chi connectivity index (χ1v) is 12.8. The maximum absolute atomic E-state index is 13.1. The minimum atomic E-state index is -0.255. The highest BCUT2D eigenvalue weighted by Gasteiger charge is 2.29. The molecule has 5 rings (SSSR count). The Bertz CT molecular complexity index is 1190. The van der Waals surface area contributed by atoms with Crippen LogP contribution in [0.5, 0.6) is 0 Å². The molecule has 2 saturated heterocycles. The molecule has 4 atom stereocenters. The van der Waals surface area contributed by atoms with Gasteiger partial charge in [0, 0.05) is 56.0 Å². The monoisotopic (exact) mass is 517 g/mol. The van der Waals surface area contributed by atoms with E-state index in [1.807, 2.05) is 58.3 Å². The molecule has 1 aromatic heterocycles. The summed E-state index contributed by atoms with van der Waals surface area (Å²) in [5.41, 5.74) is 26.7. The molecule has 12 nitrogen and oxygen atoms in total. The third-order valence-corrected chi connectivity index (χ3v) is 6.66. The summed E-state index contributed by atoms with van der Waals surface area (Å²) in [6.45, 7) is 2.30. The average molecular weight is 518 g/mol. The second-order valence-corrected chi connectivity index (χ2v) is 10.1. The van der Waals surface area contributed by atoms with Crippen molar-refractivity contribution in [3.05, 3.63) is 60.2 Å². The number of aromatic nitrogens is 3. The molecule has 0 aliphatic carbocycles. The fraction of sp³-hybridized carbons (Fsp3) is 0.385. The van der Waals surface area contributed by atoms with E-state index < -0.39 is 0 Å². The van der Waals surface area contributed by atoms with Gasteiger partial charge in [-0.25, -0.2) is 0 Å². The third-order valence-electron chi connectivity index (χ3n) is 6.66. The summed E-state index contributed by atoms with van der Waals surface area (Å²) in [5.74, 6) is 0.962. The summed E-state index contributed by atoms with van der Waals surface area (Å²) in [7, 11) is 0. The number of amides is 1. The number of nitrogens with one attached hydrogen (secondary N) is 2. The molecule has 4 unspecified atom stereocenters. The van der Waals surface area contributed by atoms with Gasteiger partial charge in [-0.2, -0.15) is 15.0 Å². The molecular formula is C26H35N11O. The predicted molar refractivity (Wildman–Crippen MR) is 150 cm³/mol. The number of piperidine rings is 2. The standard InChI is InChI=1S/C26H35N11O/c27-16-10-17(28)13-36(12-16)25-33-24(34-26(35-25)37-14-18(29)11-19(30)15-37)32-22-9-5-4-8-21(22)23(38)31-20-6-2-1-3-7-20/h1-9,16-19H,10-15,27-30H2,(H,31,38)(H,32,33,34,35). The Morgan fingerprint density at radius 2 is 1.21 bits per heavy atom. The summed E-state index contributed by atoms with van der Waals surface area (Å²) in [4.78, 5) is 31.2. The van der Waals surface area contributed by atoms with Gasteiger partial charge in [0.05, 0.1) is 11.3 Å². The van der Waals surface area contributed by atoms with Crippen molar-refractivity contribution >= 4 is 35.1 Å². The van der Waals surface area contributed by atoms with Gasteiger partial charge in [0.25, 0.3) is 5.91 Å². The summed E-state index contributed by atoms with van der Waals surface area (Å²) < 4.78 is 0. The number of benzene rings is 2. The van der Waals surface area contributed by atoms with Gasteiger partial charge in [0.15, 0.2) is 0 Å². The zero-order valence-corrected chi connectivity index (χ0v) is 21.2. The van der Waals surface area contributed by atoms with Crippen LogP contribution in [0.25, 0.3) is 0 Å². The molecule has 12 heteroatoms. The lowest BCUT2D eigenvalue weighted by Crippen LogP contribution is -2.54. The highest BCUT2D eigenvalue weighted by molar-refractivity contribution is 6.08. The number of nitrogens with zero attached hydrogens (tertiary/aromatic N) is 5. The Kier molecular flexibility index (Phi) is 7.65. The fourth-order valence-electron chi connectivity index (χ4n) is 5.01. The van der Waals surface area contributed by atoms with Crippen molar-refractivity contribution in [2.75, 3.05) is 46.6 Å². The van der Waals surface area contributed by atoms with Gasteiger partial charge in [-0.05, 0) is 37.1 Å². The maximum Gasteiger partial charge on any atom is 0.257 e. The van der Waals surface area contributed by atoms with Gasteiger partial charge in [-0.1, -0.05) is 30.3 Å². The van der Waals surface area contributed by atoms with E-state index in [1.54, 1.807) is 6.07 Å². The fourth-order valence-corrected chi connectivity index (χ4v) is 5.01. The van der Waals surface area contributed by atoms with Crippen molar-refractivity contribution in [1.29, 1.82) is 0 Å². The van der Waals surface area contributed by atoms with Crippen molar-refractivity contribution in [2.45, 2.75) is 37.0 Å². The normalized spacial score (nSPS) is 23.7. The van der Waals surface area contributed by atoms with Crippen molar-refractivity contribution in [1.82, 2.24) is 15.0 Å². The largest absolute Gasteiger partial charge is 0.338 e. The molecule has 1 amide bonds. The van der Waals surface area contributed by atoms with Crippen LogP contribution < -0.4 is 43.4 Å². The van der Waals surface area contributed by atoms with E-state index in [4.69, 9.17) is 37.9 Å². The molecule has 3 aromatic rings. The van der Waals surface area contributed by atoms with Crippen LogP contribution in [0.4, 0.5) is 29.2 Å². The third kappa shape index (κ3) is 6.17. The maximum atomic E-state index is 13.1. The van der Waals surface area contributed by atoms with Gasteiger partial charge < -0.3 is 43.4 Å². The number of rotatable bonds is 6. The average Bonchev–Trinajstić information content (AvgIpc) is 2.88. The molecule has 0 radical (unpaired) electrons. The van der Waals surface area contributed by atoms with Crippen LogP contribution in [0.2, 0.25) is 0 Å². The Labute approximate surface area is 221 Å². The Morgan fingerprint density at radius 1 is 0.711 bits per heavy atom. The van der Waals surface area contributed by atoms with Crippen molar-refractivity contribution in [2.24, 2.45) is 22.9 Å². The molecular weight excluding hydrogens is 482 g/mol. The van der Waals surface area contributed by atoms with Gasteiger partial charge in [-0.15, -0.1) is 0 Å². The van der Waals surface area contributed by atoms with Gasteiger partial charge in [-0.3, -0.25) is 4.79 Å². The summed E-state index contributed by atoms with van der Waals surface area (Å²) in [5, 5.41) is 6.17. The molecule has 2 fully saturated rings. The Balaban J connectivity index is 1.47. The molecule has 38 heavy (non-hydrogen) atoms. The second kappa shape index (κ2) is 11.3. The van der Waals surface area contributed by atoms with Crippen LogP contribution in [0.1, 0.15) is 23.2 Å². The number of para-hydroxylation sites is 2. The molecule has 2 aliphatic rings. The van der Waals surface area contributed by atoms with Crippen molar-refractivity contribution < 1.29 is 4.79 Å². The summed E-state index contributed by atoms with van der Waals surface area (Å²) >= 11 is 0. The zero-order chi connectivity index (χ0) is 26.6. The summed E-state index contributed by atoms with van der Waals surface area (Å²) in [6.07, 6.45) is 1.47. The molecule has 0 bridgehead atoms. The second-order valence-electron chi connectivity index (χ2n) is 10.1. The van der Waals surface area contributed by atoms with E-state index in [0.717, 1.165) is 12.8 Å². The minimum Gasteiger partial charge on any atom is -0.338 e. The van der Waals surface area contributed by atoms with Crippen LogP contribution in [-0.4, -0.2) is 71.2 Å². The van der Waals surface area contributed by atoms with E-state index >= 15 is 0 Å². The smallest absolute Gasteiger partial charge is 0.257 e. The number of hydrogen-bond acceptors (Lipinski definition) is 11. The lowest BCUT2D eigenvalue weighted by Gasteiger charge is -2.37. The molecule has 2 aromatic carbocycles. The van der Waals surface area contributed by atoms with Crippen LogP contribution in [0.3, 0.4) is 0 Å². The zero-order valence-electron chi connectivity index (χ0n) is 21.2. The van der Waals surface area contributed by atoms with E-state index in [9.17, 15) is 4.79 Å². The number of carbonyl (C=O) groups is 1. The molecule has 2 aliphatic heterocycles. The van der Waals surface area contributed by atoms with Crippen LogP contribution in [0.15, 0.2) is 54.6 Å². The first-order chi connectivity index (χ1) is 18.3. The number of anilines is 5. The number of hydrogen-bond donors (Lipinski definition) is 6. The first-order valence-electron chi connectivity index (χ1n) is 12.8. The van der Waals surface area contributed by atoms with Crippen LogP contribution >= 0.6 is 0 Å². The molecule has 200 valence electrons. The molecule has 0 saturated carbocycles. The number of carbonyl (C=O) groups excluding carboxylic acids is 1. The van der Waals surface area contributed by atoms with E-state index in [1.165, 1.54) is 0 Å². The Morgan fingerprint density at radius 3 is 1.76 bits per heavy atom. The lowest BCUT2D eigenvalue weighted by molar-refractivity contribution is 0.102. The highest BCUT2D eigenvalue weighted by Crippen LogP contribution is 2.25. The first kappa shape index (κ1) is 25.8. The van der Waals surface area contributed by atoms with Gasteiger partial charge >= 0.3 is 0 Å². The predicted octanol–water partition coefficient (Wildman–Crippen LogP) is 0.597. The Hall–Kier alpha value is -3.84. The van der Waals surface area contributed by atoms with Gasteiger partial charge in [0.2, 0.25) is 17.8 Å². The van der Waals surface area contributed by atoms with Crippen LogP contribution in [-0.2, 0) is 0 Å². The van der Waals surface area contributed by atoms with Gasteiger partial charge in [0.1, 0.15) is 0 Å².